The van der Waals surface area contributed by atoms with E-state index in [-0.39, 0.29) is 10.8 Å². The molecule has 1 aromatic carbocycles. The molecule has 2 N–H and O–H groups in total. The van der Waals surface area contributed by atoms with Gasteiger partial charge in [-0.2, -0.15) is 4.31 Å². The van der Waals surface area contributed by atoms with E-state index in [2.05, 4.69) is 0 Å². The molecule has 1 aromatic rings. The number of benzene rings is 1. The van der Waals surface area contributed by atoms with E-state index in [1.54, 1.807) is 0 Å². The average Bonchev–Trinajstić information content (AvgIpc) is 2.82. The molecule has 0 aromatic heterocycles. The Balaban J connectivity index is 2.21. The number of sulfonamides is 1. The Labute approximate surface area is 111 Å². The molecule has 0 bridgehead atoms. The minimum Gasteiger partial charge on any atom is -0.330 e. The normalized spacial score (nSPS) is 20.9. The van der Waals surface area contributed by atoms with E-state index in [9.17, 15) is 17.2 Å². The summed E-state index contributed by atoms with van der Waals surface area (Å²) in [6.07, 6.45) is 1.52. The predicted octanol–water partition coefficient (Wildman–Crippen LogP) is 1.32. The Morgan fingerprint density at radius 2 is 2.05 bits per heavy atom. The Morgan fingerprint density at radius 3 is 2.68 bits per heavy atom. The van der Waals surface area contributed by atoms with Crippen LogP contribution in [-0.4, -0.2) is 32.4 Å². The van der Waals surface area contributed by atoms with Crippen molar-refractivity contribution in [2.75, 3.05) is 19.6 Å². The fourth-order valence-electron chi connectivity index (χ4n) is 2.27. The highest BCUT2D eigenvalue weighted by Gasteiger charge is 2.32. The van der Waals surface area contributed by atoms with Gasteiger partial charge in [-0.05, 0) is 43.5 Å². The summed E-state index contributed by atoms with van der Waals surface area (Å²) >= 11 is 0. The molecular weight excluding hydrogens is 274 g/mol. The molecule has 0 amide bonds. The molecule has 106 valence electrons. The SMILES string of the molecule is NCCC1CCN(S(=O)(=O)c2ccc(F)c(F)c2)C1. The van der Waals surface area contributed by atoms with Gasteiger partial charge in [-0.25, -0.2) is 17.2 Å². The standard InChI is InChI=1S/C12H16F2N2O2S/c13-11-2-1-10(7-12(11)14)19(17,18)16-6-4-9(8-16)3-5-15/h1-2,7,9H,3-6,8,15H2. The van der Waals surface area contributed by atoms with Crippen LogP contribution in [0.5, 0.6) is 0 Å². The third-order valence-electron chi connectivity index (χ3n) is 3.35. The third kappa shape index (κ3) is 2.93. The van der Waals surface area contributed by atoms with Gasteiger partial charge in [0.25, 0.3) is 0 Å². The molecule has 1 unspecified atom stereocenters. The van der Waals surface area contributed by atoms with Crippen LogP contribution in [0.25, 0.3) is 0 Å². The third-order valence-corrected chi connectivity index (χ3v) is 5.21. The number of nitrogens with zero attached hydrogens (tertiary/aromatic N) is 1. The van der Waals surface area contributed by atoms with Crippen LogP contribution in [0.3, 0.4) is 0 Å². The molecule has 0 aliphatic carbocycles. The molecule has 0 saturated carbocycles. The first-order chi connectivity index (χ1) is 8.95. The zero-order valence-electron chi connectivity index (χ0n) is 10.4. The molecule has 7 heteroatoms. The van der Waals surface area contributed by atoms with E-state index in [1.165, 1.54) is 4.31 Å². The monoisotopic (exact) mass is 290 g/mol. The van der Waals surface area contributed by atoms with Crippen LogP contribution in [0.4, 0.5) is 8.78 Å². The lowest BCUT2D eigenvalue weighted by molar-refractivity contribution is 0.447. The summed E-state index contributed by atoms with van der Waals surface area (Å²) in [4.78, 5) is -0.209. The van der Waals surface area contributed by atoms with Crippen LogP contribution in [0.2, 0.25) is 0 Å². The molecule has 2 rings (SSSR count). The molecule has 1 atom stereocenters. The minimum atomic E-state index is -3.74. The maximum absolute atomic E-state index is 13.1. The molecule has 0 spiro atoms. The Bertz CT molecular complexity index is 563. The van der Waals surface area contributed by atoms with Crippen molar-refractivity contribution in [2.24, 2.45) is 11.7 Å². The molecular formula is C12H16F2N2O2S. The van der Waals surface area contributed by atoms with E-state index >= 15 is 0 Å². The minimum absolute atomic E-state index is 0.209. The Morgan fingerprint density at radius 1 is 1.32 bits per heavy atom. The van der Waals surface area contributed by atoms with Crippen LogP contribution in [0, 0.1) is 17.6 Å². The average molecular weight is 290 g/mol. The highest BCUT2D eigenvalue weighted by molar-refractivity contribution is 7.89. The van der Waals surface area contributed by atoms with E-state index in [1.807, 2.05) is 0 Å². The first-order valence-corrected chi connectivity index (χ1v) is 7.54. The molecule has 19 heavy (non-hydrogen) atoms. The van der Waals surface area contributed by atoms with Gasteiger partial charge in [-0.15, -0.1) is 0 Å². The van der Waals surface area contributed by atoms with Crippen molar-refractivity contribution in [1.29, 1.82) is 0 Å². The highest BCUT2D eigenvalue weighted by atomic mass is 32.2. The van der Waals surface area contributed by atoms with Crippen molar-refractivity contribution in [2.45, 2.75) is 17.7 Å². The maximum Gasteiger partial charge on any atom is 0.243 e. The predicted molar refractivity (Wildman–Crippen MR) is 66.9 cm³/mol. The second kappa shape index (κ2) is 5.52. The van der Waals surface area contributed by atoms with Gasteiger partial charge in [0.1, 0.15) is 0 Å². The number of halogens is 2. The van der Waals surface area contributed by atoms with E-state index in [0.29, 0.717) is 19.6 Å². The summed E-state index contributed by atoms with van der Waals surface area (Å²) in [6.45, 7) is 1.30. The smallest absolute Gasteiger partial charge is 0.243 e. The number of nitrogens with two attached hydrogens (primary N) is 1. The molecule has 1 aliphatic rings. The maximum atomic E-state index is 13.1. The Kier molecular flexibility index (Phi) is 4.17. The van der Waals surface area contributed by atoms with Crippen LogP contribution in [0.1, 0.15) is 12.8 Å². The Hall–Kier alpha value is -1.05. The molecule has 1 aliphatic heterocycles. The van der Waals surface area contributed by atoms with E-state index in [0.717, 1.165) is 31.0 Å². The molecule has 4 nitrogen and oxygen atoms in total. The lowest BCUT2D eigenvalue weighted by atomic mass is 10.1. The fraction of sp³-hybridized carbons (Fsp3) is 0.500. The van der Waals surface area contributed by atoms with Crippen molar-refractivity contribution < 1.29 is 17.2 Å². The topological polar surface area (TPSA) is 63.4 Å². The van der Waals surface area contributed by atoms with Gasteiger partial charge in [0.2, 0.25) is 10.0 Å². The fourth-order valence-corrected chi connectivity index (χ4v) is 3.82. The zero-order chi connectivity index (χ0) is 14.0. The molecule has 1 fully saturated rings. The van der Waals surface area contributed by atoms with Gasteiger partial charge in [-0.1, -0.05) is 0 Å². The van der Waals surface area contributed by atoms with Crippen molar-refractivity contribution in [3.05, 3.63) is 29.8 Å². The highest BCUT2D eigenvalue weighted by Crippen LogP contribution is 2.26. The van der Waals surface area contributed by atoms with Crippen molar-refractivity contribution >= 4 is 10.0 Å². The summed E-state index contributed by atoms with van der Waals surface area (Å²) < 4.78 is 51.8. The van der Waals surface area contributed by atoms with Crippen molar-refractivity contribution in [3.8, 4) is 0 Å². The van der Waals surface area contributed by atoms with Gasteiger partial charge in [0.05, 0.1) is 4.90 Å². The quantitative estimate of drug-likeness (QED) is 0.909. The molecule has 0 radical (unpaired) electrons. The van der Waals surface area contributed by atoms with E-state index < -0.39 is 21.7 Å². The lowest BCUT2D eigenvalue weighted by Crippen LogP contribution is -2.29. The summed E-state index contributed by atoms with van der Waals surface area (Å²) in [7, 11) is -3.74. The first-order valence-electron chi connectivity index (χ1n) is 6.10. The van der Waals surface area contributed by atoms with Gasteiger partial charge >= 0.3 is 0 Å². The largest absolute Gasteiger partial charge is 0.330 e. The molecule has 1 saturated heterocycles. The summed E-state index contributed by atoms with van der Waals surface area (Å²) in [5.74, 6) is -1.97. The van der Waals surface area contributed by atoms with Gasteiger partial charge in [0.15, 0.2) is 11.6 Å². The van der Waals surface area contributed by atoms with Gasteiger partial charge < -0.3 is 5.73 Å². The van der Waals surface area contributed by atoms with Crippen LogP contribution in [0.15, 0.2) is 23.1 Å². The van der Waals surface area contributed by atoms with Crippen LogP contribution < -0.4 is 5.73 Å². The molecule has 1 heterocycles. The van der Waals surface area contributed by atoms with Crippen LogP contribution in [-0.2, 0) is 10.0 Å². The van der Waals surface area contributed by atoms with Crippen molar-refractivity contribution in [3.63, 3.8) is 0 Å². The second-order valence-corrected chi connectivity index (χ2v) is 6.61. The lowest BCUT2D eigenvalue weighted by Gasteiger charge is -2.16. The number of rotatable bonds is 4. The number of hydrogen-bond donors (Lipinski definition) is 1. The van der Waals surface area contributed by atoms with Crippen LogP contribution >= 0.6 is 0 Å². The van der Waals surface area contributed by atoms with Crippen molar-refractivity contribution in [1.82, 2.24) is 4.31 Å². The zero-order valence-corrected chi connectivity index (χ0v) is 11.2. The number of hydrogen-bond acceptors (Lipinski definition) is 3. The van der Waals surface area contributed by atoms with Gasteiger partial charge in [0, 0.05) is 13.1 Å². The van der Waals surface area contributed by atoms with E-state index in [4.69, 9.17) is 5.73 Å². The summed E-state index contributed by atoms with van der Waals surface area (Å²) in [5.41, 5.74) is 5.45. The van der Waals surface area contributed by atoms with Gasteiger partial charge in [-0.3, -0.25) is 0 Å². The summed E-state index contributed by atoms with van der Waals surface area (Å²) in [6, 6.07) is 2.64. The summed E-state index contributed by atoms with van der Waals surface area (Å²) in [5, 5.41) is 0. The second-order valence-electron chi connectivity index (χ2n) is 4.67. The first kappa shape index (κ1) is 14.4.